The average Bonchev–Trinajstić information content (AvgIpc) is 3.39. The SMILES string of the molecule is Cc1cn2cc(NC(=O)c3cc4ccc(N5CCC(N6CC(C)(C)C6)CC5)nc4s3)ccc2n1. The van der Waals surface area contributed by atoms with Crippen LogP contribution in [0.2, 0.25) is 0 Å². The minimum absolute atomic E-state index is 0.112. The first kappa shape index (κ1) is 21.6. The second kappa shape index (κ2) is 8.06. The zero-order valence-electron chi connectivity index (χ0n) is 19.9. The molecule has 4 aromatic heterocycles. The third kappa shape index (κ3) is 4.05. The summed E-state index contributed by atoms with van der Waals surface area (Å²) >= 11 is 1.45. The van der Waals surface area contributed by atoms with Crippen LogP contribution < -0.4 is 10.2 Å². The Morgan fingerprint density at radius 1 is 1.09 bits per heavy atom. The molecule has 0 bridgehead atoms. The smallest absolute Gasteiger partial charge is 0.265 e. The van der Waals surface area contributed by atoms with Gasteiger partial charge in [-0.25, -0.2) is 9.97 Å². The molecular weight excluding hydrogens is 444 g/mol. The molecule has 2 fully saturated rings. The number of imidazole rings is 1. The molecule has 2 saturated heterocycles. The third-order valence-electron chi connectivity index (χ3n) is 6.99. The number of hydrogen-bond acceptors (Lipinski definition) is 6. The molecule has 0 saturated carbocycles. The van der Waals surface area contributed by atoms with E-state index in [1.165, 1.54) is 37.3 Å². The van der Waals surface area contributed by atoms with Gasteiger partial charge in [0.1, 0.15) is 16.3 Å². The minimum Gasteiger partial charge on any atom is -0.356 e. The number of hydrogen-bond donors (Lipinski definition) is 1. The van der Waals surface area contributed by atoms with Crippen molar-refractivity contribution < 1.29 is 4.79 Å². The quantitative estimate of drug-likeness (QED) is 0.460. The maximum atomic E-state index is 12.9. The third-order valence-corrected chi connectivity index (χ3v) is 8.03. The van der Waals surface area contributed by atoms with Gasteiger partial charge in [-0.15, -0.1) is 11.3 Å². The van der Waals surface area contributed by atoms with Gasteiger partial charge in [0, 0.05) is 50.0 Å². The van der Waals surface area contributed by atoms with E-state index in [4.69, 9.17) is 4.98 Å². The predicted octanol–water partition coefficient (Wildman–Crippen LogP) is 4.82. The van der Waals surface area contributed by atoms with E-state index >= 15 is 0 Å². The van der Waals surface area contributed by atoms with Crippen LogP contribution in [0.3, 0.4) is 0 Å². The number of pyridine rings is 2. The lowest BCUT2D eigenvalue weighted by Gasteiger charge is -2.51. The van der Waals surface area contributed by atoms with Crippen LogP contribution in [0.5, 0.6) is 0 Å². The summed E-state index contributed by atoms with van der Waals surface area (Å²) in [6, 6.07) is 10.6. The second-order valence-electron chi connectivity index (χ2n) is 10.5. The van der Waals surface area contributed by atoms with E-state index in [9.17, 15) is 4.79 Å². The largest absolute Gasteiger partial charge is 0.356 e. The molecule has 0 spiro atoms. The molecular formula is C26H30N6OS. The van der Waals surface area contributed by atoms with E-state index < -0.39 is 0 Å². The number of rotatable bonds is 4. The first-order valence-corrected chi connectivity index (χ1v) is 12.8. The lowest BCUT2D eigenvalue weighted by Crippen LogP contribution is -2.59. The molecule has 0 radical (unpaired) electrons. The van der Waals surface area contributed by atoms with Gasteiger partial charge in [-0.3, -0.25) is 9.69 Å². The summed E-state index contributed by atoms with van der Waals surface area (Å²) in [5.41, 5.74) is 3.04. The molecule has 0 unspecified atom stereocenters. The van der Waals surface area contributed by atoms with E-state index in [1.807, 2.05) is 41.9 Å². The number of aryl methyl sites for hydroxylation is 1. The van der Waals surface area contributed by atoms with Crippen LogP contribution in [-0.4, -0.2) is 57.4 Å². The first-order valence-electron chi connectivity index (χ1n) is 12.0. The molecule has 0 aliphatic carbocycles. The molecule has 176 valence electrons. The molecule has 2 aliphatic rings. The van der Waals surface area contributed by atoms with Crippen molar-refractivity contribution in [1.82, 2.24) is 19.3 Å². The van der Waals surface area contributed by atoms with Gasteiger partial charge in [-0.05, 0) is 55.5 Å². The molecule has 0 atom stereocenters. The molecule has 6 heterocycles. The maximum absolute atomic E-state index is 12.9. The van der Waals surface area contributed by atoms with E-state index in [-0.39, 0.29) is 5.91 Å². The lowest BCUT2D eigenvalue weighted by atomic mass is 9.82. The molecule has 2 aliphatic heterocycles. The van der Waals surface area contributed by atoms with E-state index in [0.29, 0.717) is 16.3 Å². The maximum Gasteiger partial charge on any atom is 0.265 e. The fraction of sp³-hybridized carbons (Fsp3) is 0.423. The van der Waals surface area contributed by atoms with Crippen LogP contribution >= 0.6 is 11.3 Å². The number of likely N-dealkylation sites (tertiary alicyclic amines) is 1. The lowest BCUT2D eigenvalue weighted by molar-refractivity contribution is -0.0135. The first-order chi connectivity index (χ1) is 16.3. The number of aromatic nitrogens is 3. The van der Waals surface area contributed by atoms with Gasteiger partial charge >= 0.3 is 0 Å². The average molecular weight is 475 g/mol. The summed E-state index contributed by atoms with van der Waals surface area (Å²) in [5, 5.41) is 4.02. The van der Waals surface area contributed by atoms with E-state index in [2.05, 4.69) is 46.1 Å². The number of anilines is 2. The van der Waals surface area contributed by atoms with Gasteiger partial charge < -0.3 is 14.6 Å². The fourth-order valence-electron chi connectivity index (χ4n) is 5.35. The van der Waals surface area contributed by atoms with Crippen molar-refractivity contribution in [1.29, 1.82) is 0 Å². The minimum atomic E-state index is -0.112. The number of fused-ring (bicyclic) bond motifs is 2. The van der Waals surface area contributed by atoms with Crippen molar-refractivity contribution in [2.45, 2.75) is 39.7 Å². The summed E-state index contributed by atoms with van der Waals surface area (Å²) in [6.45, 7) is 11.2. The highest BCUT2D eigenvalue weighted by Crippen LogP contribution is 2.34. The number of nitrogens with one attached hydrogen (secondary N) is 1. The van der Waals surface area contributed by atoms with Gasteiger partial charge in [0.2, 0.25) is 0 Å². The second-order valence-corrected chi connectivity index (χ2v) is 11.5. The number of nitrogens with zero attached hydrogens (tertiary/aromatic N) is 5. The highest BCUT2D eigenvalue weighted by Gasteiger charge is 2.39. The van der Waals surface area contributed by atoms with Crippen LogP contribution in [0.1, 0.15) is 42.1 Å². The summed E-state index contributed by atoms with van der Waals surface area (Å²) in [7, 11) is 0. The highest BCUT2D eigenvalue weighted by atomic mass is 32.1. The van der Waals surface area contributed by atoms with Gasteiger partial charge in [0.25, 0.3) is 5.91 Å². The van der Waals surface area contributed by atoms with Crippen molar-refractivity contribution in [3.05, 3.63) is 53.3 Å². The molecule has 1 amide bonds. The van der Waals surface area contributed by atoms with Crippen molar-refractivity contribution in [3.8, 4) is 0 Å². The summed E-state index contributed by atoms with van der Waals surface area (Å²) < 4.78 is 1.93. The Morgan fingerprint density at radius 2 is 1.88 bits per heavy atom. The molecule has 1 N–H and O–H groups in total. The Hall–Kier alpha value is -2.97. The summed E-state index contributed by atoms with van der Waals surface area (Å²) in [4.78, 5) is 28.9. The van der Waals surface area contributed by atoms with Crippen LogP contribution in [0.25, 0.3) is 15.9 Å². The topological polar surface area (TPSA) is 65.8 Å². The van der Waals surface area contributed by atoms with Gasteiger partial charge in [-0.2, -0.15) is 0 Å². The number of amides is 1. The van der Waals surface area contributed by atoms with E-state index in [1.54, 1.807) is 0 Å². The zero-order valence-corrected chi connectivity index (χ0v) is 20.7. The Labute approximate surface area is 203 Å². The Morgan fingerprint density at radius 3 is 2.65 bits per heavy atom. The summed E-state index contributed by atoms with van der Waals surface area (Å²) in [5.74, 6) is 0.906. The van der Waals surface area contributed by atoms with Crippen LogP contribution in [0.4, 0.5) is 11.5 Å². The molecule has 8 heteroatoms. The Balaban J connectivity index is 1.13. The molecule has 34 heavy (non-hydrogen) atoms. The molecule has 6 rings (SSSR count). The zero-order chi connectivity index (χ0) is 23.4. The number of thiophene rings is 1. The predicted molar refractivity (Wildman–Crippen MR) is 138 cm³/mol. The van der Waals surface area contributed by atoms with Crippen LogP contribution in [-0.2, 0) is 0 Å². The van der Waals surface area contributed by atoms with Crippen LogP contribution in [0.15, 0.2) is 42.7 Å². The fourth-order valence-corrected chi connectivity index (χ4v) is 6.27. The standard InChI is InChI=1S/C26H30N6OS/c1-17-13-31-14-19(5-7-22(31)27-17)28-24(33)21-12-18-4-6-23(29-25(18)34-21)30-10-8-20(9-11-30)32-15-26(2,3)16-32/h4-7,12-14,20H,8-11,15-16H2,1-3H3,(H,28,33). The normalized spacial score (nSPS) is 19.0. The molecule has 4 aromatic rings. The monoisotopic (exact) mass is 474 g/mol. The number of piperidine rings is 1. The van der Waals surface area contributed by atoms with Crippen molar-refractivity contribution in [3.63, 3.8) is 0 Å². The van der Waals surface area contributed by atoms with Crippen molar-refractivity contribution in [2.24, 2.45) is 5.41 Å². The van der Waals surface area contributed by atoms with Crippen molar-refractivity contribution in [2.75, 3.05) is 36.4 Å². The molecule has 0 aromatic carbocycles. The molecule has 7 nitrogen and oxygen atoms in total. The van der Waals surface area contributed by atoms with Gasteiger partial charge in [0.15, 0.2) is 0 Å². The number of carbonyl (C=O) groups is 1. The van der Waals surface area contributed by atoms with E-state index in [0.717, 1.165) is 46.2 Å². The van der Waals surface area contributed by atoms with Crippen LogP contribution in [0, 0.1) is 12.3 Å². The van der Waals surface area contributed by atoms with Gasteiger partial charge in [-0.1, -0.05) is 13.8 Å². The summed E-state index contributed by atoms with van der Waals surface area (Å²) in [6.07, 6.45) is 6.22. The van der Waals surface area contributed by atoms with Gasteiger partial charge in [0.05, 0.1) is 16.3 Å². The Bertz CT molecular complexity index is 1370. The highest BCUT2D eigenvalue weighted by molar-refractivity contribution is 7.20. The Kier molecular flexibility index (Phi) is 5.11. The number of carbonyl (C=O) groups excluding carboxylic acids is 1. The van der Waals surface area contributed by atoms with Crippen molar-refractivity contribution >= 4 is 44.6 Å².